The van der Waals surface area contributed by atoms with E-state index in [4.69, 9.17) is 4.74 Å². The van der Waals surface area contributed by atoms with E-state index in [0.29, 0.717) is 0 Å². The second-order valence-corrected chi connectivity index (χ2v) is 3.72. The van der Waals surface area contributed by atoms with Gasteiger partial charge < -0.3 is 4.74 Å². The van der Waals surface area contributed by atoms with Crippen LogP contribution < -0.4 is 4.74 Å². The molecule has 0 spiro atoms. The first-order valence-corrected chi connectivity index (χ1v) is 5.33. The molecule has 0 aliphatic rings. The number of hydrogen-bond donors (Lipinski definition) is 0. The molecule has 0 N–H and O–H groups in total. The summed E-state index contributed by atoms with van der Waals surface area (Å²) in [5.41, 5.74) is -0.514. The fourth-order valence-electron chi connectivity index (χ4n) is 1.45. The van der Waals surface area contributed by atoms with E-state index in [9.17, 15) is 24.6 Å². The third-order valence-corrected chi connectivity index (χ3v) is 2.40. The molecule has 0 aliphatic carbocycles. The molecule has 0 saturated heterocycles. The first-order valence-electron chi connectivity index (χ1n) is 5.33. The minimum absolute atomic E-state index is 0.124. The Hall–Kier alpha value is -3.03. The summed E-state index contributed by atoms with van der Waals surface area (Å²) in [6.07, 6.45) is 0. The number of nitro groups is 2. The van der Waals surface area contributed by atoms with Crippen molar-refractivity contribution in [1.29, 1.82) is 0 Å². The molecule has 0 radical (unpaired) electrons. The molecule has 2 aromatic carbocycles. The third kappa shape index (κ3) is 2.86. The molecule has 0 aromatic heterocycles. The van der Waals surface area contributed by atoms with Crippen molar-refractivity contribution in [2.45, 2.75) is 0 Å². The smallest absolute Gasteiger partial charge is 0.272 e. The number of halogens is 1. The van der Waals surface area contributed by atoms with Gasteiger partial charge >= 0.3 is 0 Å². The highest BCUT2D eigenvalue weighted by Crippen LogP contribution is 2.28. The average Bonchev–Trinajstić information content (AvgIpc) is 2.41. The Morgan fingerprint density at radius 2 is 1.45 bits per heavy atom. The van der Waals surface area contributed by atoms with Gasteiger partial charge in [0.05, 0.1) is 15.9 Å². The second-order valence-electron chi connectivity index (χ2n) is 3.72. The summed E-state index contributed by atoms with van der Waals surface area (Å²) in [4.78, 5) is 19.6. The van der Waals surface area contributed by atoms with Crippen LogP contribution in [0.3, 0.4) is 0 Å². The first-order chi connectivity index (χ1) is 9.47. The van der Waals surface area contributed by atoms with Gasteiger partial charge in [0.2, 0.25) is 0 Å². The third-order valence-electron chi connectivity index (χ3n) is 2.40. The molecule has 0 saturated carbocycles. The molecule has 0 unspecified atom stereocenters. The quantitative estimate of drug-likeness (QED) is 0.630. The van der Waals surface area contributed by atoms with E-state index in [-0.39, 0.29) is 17.2 Å². The maximum atomic E-state index is 13.6. The van der Waals surface area contributed by atoms with Gasteiger partial charge in [-0.1, -0.05) is 0 Å². The zero-order chi connectivity index (χ0) is 14.7. The average molecular weight is 278 g/mol. The number of ether oxygens (including phenoxy) is 1. The monoisotopic (exact) mass is 278 g/mol. The number of non-ortho nitro benzene ring substituents is 2. The van der Waals surface area contributed by atoms with Gasteiger partial charge in [-0.05, 0) is 18.2 Å². The van der Waals surface area contributed by atoms with Crippen LogP contribution in [0.4, 0.5) is 15.8 Å². The molecule has 102 valence electrons. The lowest BCUT2D eigenvalue weighted by Gasteiger charge is -2.06. The van der Waals surface area contributed by atoms with Crippen LogP contribution >= 0.6 is 0 Å². The molecule has 20 heavy (non-hydrogen) atoms. The van der Waals surface area contributed by atoms with E-state index >= 15 is 0 Å². The maximum absolute atomic E-state index is 13.6. The fraction of sp³-hybridized carbons (Fsp3) is 0. The van der Waals surface area contributed by atoms with E-state index in [1.54, 1.807) is 0 Å². The van der Waals surface area contributed by atoms with E-state index in [1.807, 2.05) is 0 Å². The molecule has 0 aliphatic heterocycles. The summed E-state index contributed by atoms with van der Waals surface area (Å²) >= 11 is 0. The summed E-state index contributed by atoms with van der Waals surface area (Å²) in [6.45, 7) is 0. The summed E-state index contributed by atoms with van der Waals surface area (Å²) < 4.78 is 18.7. The van der Waals surface area contributed by atoms with Crippen molar-refractivity contribution in [2.75, 3.05) is 0 Å². The van der Waals surface area contributed by atoms with Gasteiger partial charge in [0.1, 0.15) is 5.75 Å². The lowest BCUT2D eigenvalue weighted by atomic mass is 10.3. The number of nitro benzene ring substituents is 2. The predicted molar refractivity (Wildman–Crippen MR) is 66.2 cm³/mol. The van der Waals surface area contributed by atoms with E-state index < -0.39 is 21.4 Å². The second kappa shape index (κ2) is 5.31. The van der Waals surface area contributed by atoms with Crippen LogP contribution in [0.5, 0.6) is 11.5 Å². The molecule has 0 bridgehead atoms. The molecule has 8 heteroatoms. The number of benzene rings is 2. The van der Waals surface area contributed by atoms with Crippen LogP contribution in [-0.4, -0.2) is 9.85 Å². The summed E-state index contributed by atoms with van der Waals surface area (Å²) in [7, 11) is 0. The van der Waals surface area contributed by atoms with Gasteiger partial charge in [0.25, 0.3) is 11.4 Å². The zero-order valence-corrected chi connectivity index (χ0v) is 9.86. The molecule has 2 aromatic rings. The largest absolute Gasteiger partial charge is 0.454 e. The van der Waals surface area contributed by atoms with Gasteiger partial charge in [-0.2, -0.15) is 0 Å². The highest BCUT2D eigenvalue weighted by atomic mass is 19.1. The van der Waals surface area contributed by atoms with Crippen molar-refractivity contribution in [3.05, 3.63) is 68.5 Å². The van der Waals surface area contributed by atoms with Crippen LogP contribution in [0.25, 0.3) is 0 Å². The molecule has 7 nitrogen and oxygen atoms in total. The van der Waals surface area contributed by atoms with Crippen LogP contribution in [0, 0.1) is 26.0 Å². The maximum Gasteiger partial charge on any atom is 0.272 e. The van der Waals surface area contributed by atoms with Crippen molar-refractivity contribution in [3.8, 4) is 11.5 Å². The number of hydrogen-bond acceptors (Lipinski definition) is 5. The SMILES string of the molecule is O=[N+]([O-])c1ccc(Oc2ccc([N+](=O)[O-])cc2F)cc1. The Bertz CT molecular complexity index is 672. The van der Waals surface area contributed by atoms with Crippen LogP contribution in [-0.2, 0) is 0 Å². The molecule has 0 amide bonds. The molecule has 0 heterocycles. The Morgan fingerprint density at radius 3 is 1.95 bits per heavy atom. The van der Waals surface area contributed by atoms with Crippen molar-refractivity contribution in [2.24, 2.45) is 0 Å². The summed E-state index contributed by atoms with van der Waals surface area (Å²) in [5.74, 6) is -0.912. The predicted octanol–water partition coefficient (Wildman–Crippen LogP) is 3.43. The van der Waals surface area contributed by atoms with Crippen LogP contribution in [0.1, 0.15) is 0 Å². The van der Waals surface area contributed by atoms with Gasteiger partial charge in [-0.15, -0.1) is 0 Å². The minimum Gasteiger partial charge on any atom is -0.454 e. The fourth-order valence-corrected chi connectivity index (χ4v) is 1.45. The lowest BCUT2D eigenvalue weighted by molar-refractivity contribution is -0.385. The molecule has 2 rings (SSSR count). The Kier molecular flexibility index (Phi) is 3.56. The summed E-state index contributed by atoms with van der Waals surface area (Å²) in [5, 5.41) is 20.9. The highest BCUT2D eigenvalue weighted by molar-refractivity contribution is 5.42. The standard InChI is InChI=1S/C12H7FN2O5/c13-11-7-9(15(18)19)3-6-12(11)20-10-4-1-8(2-5-10)14(16)17/h1-7H. The molecular weight excluding hydrogens is 271 g/mol. The van der Waals surface area contributed by atoms with E-state index in [2.05, 4.69) is 0 Å². The Morgan fingerprint density at radius 1 is 0.900 bits per heavy atom. The Labute approximate surface area is 111 Å². The van der Waals surface area contributed by atoms with Crippen LogP contribution in [0.15, 0.2) is 42.5 Å². The van der Waals surface area contributed by atoms with E-state index in [1.165, 1.54) is 24.3 Å². The molecular formula is C12H7FN2O5. The topological polar surface area (TPSA) is 95.5 Å². The van der Waals surface area contributed by atoms with Crippen molar-refractivity contribution < 1.29 is 19.0 Å². The normalized spacial score (nSPS) is 10.1. The lowest BCUT2D eigenvalue weighted by Crippen LogP contribution is -1.93. The zero-order valence-electron chi connectivity index (χ0n) is 9.86. The van der Waals surface area contributed by atoms with Gasteiger partial charge in [-0.25, -0.2) is 4.39 Å². The van der Waals surface area contributed by atoms with E-state index in [0.717, 1.165) is 18.2 Å². The van der Waals surface area contributed by atoms with Crippen molar-refractivity contribution >= 4 is 11.4 Å². The summed E-state index contributed by atoms with van der Waals surface area (Å²) in [6, 6.07) is 7.98. The number of nitrogens with zero attached hydrogens (tertiary/aromatic N) is 2. The van der Waals surface area contributed by atoms with Gasteiger partial charge in [0, 0.05) is 18.2 Å². The first kappa shape index (κ1) is 13.4. The van der Waals surface area contributed by atoms with Gasteiger partial charge in [-0.3, -0.25) is 20.2 Å². The molecule has 0 fully saturated rings. The van der Waals surface area contributed by atoms with Gasteiger partial charge in [0.15, 0.2) is 11.6 Å². The van der Waals surface area contributed by atoms with Crippen molar-refractivity contribution in [1.82, 2.24) is 0 Å². The van der Waals surface area contributed by atoms with Crippen LogP contribution in [0.2, 0.25) is 0 Å². The van der Waals surface area contributed by atoms with Crippen molar-refractivity contribution in [3.63, 3.8) is 0 Å². The molecule has 0 atom stereocenters. The number of rotatable bonds is 4. The minimum atomic E-state index is -0.891. The highest BCUT2D eigenvalue weighted by Gasteiger charge is 2.12. The Balaban J connectivity index is 2.21.